The Morgan fingerprint density at radius 1 is 0.903 bits per heavy atom. The lowest BCUT2D eigenvalue weighted by Gasteiger charge is -2.23. The largest absolute Gasteiger partial charge is 0.376 e. The molecule has 0 aliphatic rings. The third-order valence-corrected chi connectivity index (χ3v) is 5.22. The summed E-state index contributed by atoms with van der Waals surface area (Å²) in [5, 5.41) is 7.18. The molecule has 0 amide bonds. The fraction of sp³-hybridized carbons (Fsp3) is 0.346. The van der Waals surface area contributed by atoms with Gasteiger partial charge in [-0.1, -0.05) is 59.7 Å². The molecule has 2 N–H and O–H groups in total. The maximum atomic E-state index is 5.68. The molecule has 3 aromatic rings. The van der Waals surface area contributed by atoms with Gasteiger partial charge in [0.15, 0.2) is 0 Å². The molecule has 1 aromatic heterocycles. The second-order valence-electron chi connectivity index (χ2n) is 7.98. The molecule has 2 atom stereocenters. The van der Waals surface area contributed by atoms with Crippen molar-refractivity contribution in [3.8, 4) is 0 Å². The third-order valence-electron chi connectivity index (χ3n) is 5.22. The van der Waals surface area contributed by atoms with Gasteiger partial charge in [-0.05, 0) is 50.5 Å². The minimum atomic E-state index is 0.0583. The lowest BCUT2D eigenvalue weighted by atomic mass is 10.0. The van der Waals surface area contributed by atoms with Gasteiger partial charge in [-0.25, -0.2) is 4.98 Å². The maximum Gasteiger partial charge on any atom is 0.149 e. The SMILES string of the molecule is COCOCC(Cc1ccc(C)cc1)Nc1ncccc1NC(C)c1ccc(C)cc1. The van der Waals surface area contributed by atoms with Crippen molar-refractivity contribution in [2.45, 2.75) is 39.3 Å². The predicted octanol–water partition coefficient (Wildman–Crippen LogP) is 5.52. The molecule has 1 heterocycles. The molecular formula is C26H33N3O2. The summed E-state index contributed by atoms with van der Waals surface area (Å²) in [4.78, 5) is 4.60. The number of hydrogen-bond acceptors (Lipinski definition) is 5. The molecule has 164 valence electrons. The molecule has 0 fully saturated rings. The number of ether oxygens (including phenoxy) is 2. The Balaban J connectivity index is 1.73. The fourth-order valence-corrected chi connectivity index (χ4v) is 3.44. The topological polar surface area (TPSA) is 55.4 Å². The summed E-state index contributed by atoms with van der Waals surface area (Å²) in [7, 11) is 1.63. The minimum Gasteiger partial charge on any atom is -0.376 e. The van der Waals surface area contributed by atoms with Gasteiger partial charge in [0.05, 0.1) is 18.3 Å². The van der Waals surface area contributed by atoms with E-state index in [-0.39, 0.29) is 18.9 Å². The molecule has 2 aromatic carbocycles. The highest BCUT2D eigenvalue weighted by atomic mass is 16.7. The van der Waals surface area contributed by atoms with Crippen LogP contribution >= 0.6 is 0 Å². The molecule has 0 spiro atoms. The second kappa shape index (κ2) is 11.5. The van der Waals surface area contributed by atoms with Gasteiger partial charge in [-0.2, -0.15) is 0 Å². The molecule has 0 bridgehead atoms. The smallest absolute Gasteiger partial charge is 0.149 e. The van der Waals surface area contributed by atoms with Gasteiger partial charge < -0.3 is 20.1 Å². The van der Waals surface area contributed by atoms with Gasteiger partial charge in [0.2, 0.25) is 0 Å². The predicted molar refractivity (Wildman–Crippen MR) is 128 cm³/mol. The Labute approximate surface area is 185 Å². The van der Waals surface area contributed by atoms with Crippen LogP contribution in [0.25, 0.3) is 0 Å². The van der Waals surface area contributed by atoms with Crippen LogP contribution in [0.3, 0.4) is 0 Å². The monoisotopic (exact) mass is 419 g/mol. The summed E-state index contributed by atoms with van der Waals surface area (Å²) in [5.41, 5.74) is 5.97. The van der Waals surface area contributed by atoms with Crippen LogP contribution in [0.5, 0.6) is 0 Å². The van der Waals surface area contributed by atoms with E-state index < -0.39 is 0 Å². The number of hydrogen-bond donors (Lipinski definition) is 2. The van der Waals surface area contributed by atoms with Gasteiger partial charge in [0.1, 0.15) is 12.6 Å². The molecule has 2 unspecified atom stereocenters. The summed E-state index contributed by atoms with van der Waals surface area (Å²) < 4.78 is 10.7. The number of nitrogens with zero attached hydrogens (tertiary/aromatic N) is 1. The number of aromatic nitrogens is 1. The molecule has 0 saturated heterocycles. The Hall–Kier alpha value is -2.89. The van der Waals surface area contributed by atoms with E-state index in [0.717, 1.165) is 17.9 Å². The van der Waals surface area contributed by atoms with Crippen molar-refractivity contribution in [3.63, 3.8) is 0 Å². The minimum absolute atomic E-state index is 0.0583. The first-order chi connectivity index (χ1) is 15.0. The number of anilines is 2. The van der Waals surface area contributed by atoms with Crippen LogP contribution in [0.4, 0.5) is 11.5 Å². The van der Waals surface area contributed by atoms with E-state index in [1.165, 1.54) is 22.3 Å². The van der Waals surface area contributed by atoms with Gasteiger partial charge in [0.25, 0.3) is 0 Å². The van der Waals surface area contributed by atoms with Crippen molar-refractivity contribution in [1.82, 2.24) is 4.98 Å². The van der Waals surface area contributed by atoms with Crippen molar-refractivity contribution in [2.75, 3.05) is 31.1 Å². The zero-order valence-corrected chi connectivity index (χ0v) is 18.9. The highest BCUT2D eigenvalue weighted by molar-refractivity contribution is 5.65. The fourth-order valence-electron chi connectivity index (χ4n) is 3.44. The quantitative estimate of drug-likeness (QED) is 0.317. The van der Waals surface area contributed by atoms with E-state index in [1.54, 1.807) is 7.11 Å². The number of nitrogens with one attached hydrogen (secondary N) is 2. The summed E-state index contributed by atoms with van der Waals surface area (Å²) in [6.45, 7) is 7.15. The van der Waals surface area contributed by atoms with Crippen LogP contribution in [0.1, 0.15) is 35.2 Å². The summed E-state index contributed by atoms with van der Waals surface area (Å²) in [6.07, 6.45) is 2.64. The van der Waals surface area contributed by atoms with Crippen molar-refractivity contribution in [3.05, 3.63) is 89.1 Å². The summed E-state index contributed by atoms with van der Waals surface area (Å²) >= 11 is 0. The van der Waals surface area contributed by atoms with E-state index >= 15 is 0 Å². The standard InChI is InChI=1S/C26H33N3O2/c1-19-7-11-22(12-8-19)16-24(17-31-18-30-4)29-26-25(6-5-15-27-26)28-21(3)23-13-9-20(2)10-14-23/h5-15,21,24,28H,16-18H2,1-4H3,(H,27,29). The van der Waals surface area contributed by atoms with E-state index in [1.807, 2.05) is 12.3 Å². The molecule has 0 saturated carbocycles. The number of methoxy groups -OCH3 is 1. The normalized spacial score (nSPS) is 12.9. The maximum absolute atomic E-state index is 5.68. The average molecular weight is 420 g/mol. The number of pyridine rings is 1. The first kappa shape index (κ1) is 22.8. The number of rotatable bonds is 11. The zero-order valence-electron chi connectivity index (χ0n) is 18.9. The van der Waals surface area contributed by atoms with Crippen molar-refractivity contribution >= 4 is 11.5 Å². The van der Waals surface area contributed by atoms with Crippen LogP contribution in [0, 0.1) is 13.8 Å². The van der Waals surface area contributed by atoms with Gasteiger partial charge in [0, 0.05) is 19.3 Å². The van der Waals surface area contributed by atoms with Crippen LogP contribution in [-0.4, -0.2) is 31.5 Å². The Bertz CT molecular complexity index is 926. The van der Waals surface area contributed by atoms with Crippen molar-refractivity contribution in [2.24, 2.45) is 0 Å². The second-order valence-corrected chi connectivity index (χ2v) is 7.98. The lowest BCUT2D eigenvalue weighted by molar-refractivity contribution is -0.0334. The molecule has 5 nitrogen and oxygen atoms in total. The molecule has 0 aliphatic heterocycles. The van der Waals surface area contributed by atoms with Gasteiger partial charge in [-0.15, -0.1) is 0 Å². The highest BCUT2D eigenvalue weighted by Crippen LogP contribution is 2.25. The number of aryl methyl sites for hydroxylation is 2. The van der Waals surface area contributed by atoms with E-state index in [9.17, 15) is 0 Å². The van der Waals surface area contributed by atoms with Crippen molar-refractivity contribution in [1.29, 1.82) is 0 Å². The van der Waals surface area contributed by atoms with Crippen LogP contribution in [-0.2, 0) is 15.9 Å². The molecule has 5 heteroatoms. The van der Waals surface area contributed by atoms with E-state index in [0.29, 0.717) is 6.61 Å². The number of benzene rings is 2. The van der Waals surface area contributed by atoms with Gasteiger partial charge >= 0.3 is 0 Å². The average Bonchev–Trinajstić information content (AvgIpc) is 2.77. The molecular weight excluding hydrogens is 386 g/mol. The Morgan fingerprint density at radius 3 is 2.26 bits per heavy atom. The molecule has 0 radical (unpaired) electrons. The van der Waals surface area contributed by atoms with E-state index in [4.69, 9.17) is 9.47 Å². The molecule has 31 heavy (non-hydrogen) atoms. The molecule has 0 aliphatic carbocycles. The highest BCUT2D eigenvalue weighted by Gasteiger charge is 2.15. The lowest BCUT2D eigenvalue weighted by Crippen LogP contribution is -2.29. The van der Waals surface area contributed by atoms with Gasteiger partial charge in [-0.3, -0.25) is 0 Å². The Kier molecular flexibility index (Phi) is 8.44. The van der Waals surface area contributed by atoms with Crippen LogP contribution in [0.15, 0.2) is 66.9 Å². The molecule has 3 rings (SSSR count). The van der Waals surface area contributed by atoms with Crippen LogP contribution < -0.4 is 10.6 Å². The first-order valence-electron chi connectivity index (χ1n) is 10.7. The third kappa shape index (κ3) is 7.09. The van der Waals surface area contributed by atoms with Crippen molar-refractivity contribution < 1.29 is 9.47 Å². The summed E-state index contributed by atoms with van der Waals surface area (Å²) in [5.74, 6) is 0.819. The Morgan fingerprint density at radius 2 is 1.58 bits per heavy atom. The van der Waals surface area contributed by atoms with Crippen LogP contribution in [0.2, 0.25) is 0 Å². The zero-order chi connectivity index (χ0) is 22.1. The van der Waals surface area contributed by atoms with E-state index in [2.05, 4.69) is 91.0 Å². The summed E-state index contributed by atoms with van der Waals surface area (Å²) in [6, 6.07) is 21.4. The first-order valence-corrected chi connectivity index (χ1v) is 10.7.